The van der Waals surface area contributed by atoms with E-state index in [2.05, 4.69) is 17.2 Å². The molecule has 3 heteroatoms. The molecule has 1 saturated carbocycles. The Kier molecular flexibility index (Phi) is 4.24. The predicted octanol–water partition coefficient (Wildman–Crippen LogP) is 1.87. The lowest BCUT2D eigenvalue weighted by Gasteiger charge is -2.14. The van der Waals surface area contributed by atoms with Gasteiger partial charge >= 0.3 is 0 Å². The third-order valence-electron chi connectivity index (χ3n) is 3.41. The first-order valence-corrected chi connectivity index (χ1v) is 6.63. The van der Waals surface area contributed by atoms with Gasteiger partial charge in [0.25, 0.3) is 5.91 Å². The maximum atomic E-state index is 12.3. The minimum atomic E-state index is -0.201. The maximum Gasteiger partial charge on any atom is 0.252 e. The summed E-state index contributed by atoms with van der Waals surface area (Å²) >= 11 is 0. The maximum absolute atomic E-state index is 12.3. The molecule has 3 nitrogen and oxygen atoms in total. The van der Waals surface area contributed by atoms with Crippen molar-refractivity contribution in [3.05, 3.63) is 34.9 Å². The van der Waals surface area contributed by atoms with Crippen LogP contribution in [0, 0.1) is 24.7 Å². The number of aliphatic hydroxyl groups is 1. The molecule has 2 rings (SSSR count). The van der Waals surface area contributed by atoms with Gasteiger partial charge in [0.05, 0.1) is 5.56 Å². The Morgan fingerprint density at radius 1 is 1.53 bits per heavy atom. The molecule has 100 valence electrons. The summed E-state index contributed by atoms with van der Waals surface area (Å²) in [6.45, 7) is 3.79. The fourth-order valence-electron chi connectivity index (χ4n) is 2.09. The molecule has 1 aliphatic rings. The van der Waals surface area contributed by atoms with Crippen LogP contribution in [0.1, 0.15) is 41.3 Å². The van der Waals surface area contributed by atoms with E-state index in [0.717, 1.165) is 5.56 Å². The first kappa shape index (κ1) is 13.6. The predicted molar refractivity (Wildman–Crippen MR) is 74.8 cm³/mol. The van der Waals surface area contributed by atoms with E-state index in [0.29, 0.717) is 17.0 Å². The zero-order valence-corrected chi connectivity index (χ0v) is 11.4. The van der Waals surface area contributed by atoms with Crippen molar-refractivity contribution in [3.8, 4) is 11.8 Å². The minimum absolute atomic E-state index is 0.0784. The number of nitrogens with one attached hydrogen (secondary N) is 1. The van der Waals surface area contributed by atoms with E-state index in [9.17, 15) is 4.79 Å². The van der Waals surface area contributed by atoms with E-state index in [-0.39, 0.29) is 18.6 Å². The number of hydrogen-bond acceptors (Lipinski definition) is 2. The number of aliphatic hydroxyl groups excluding tert-OH is 1. The molecule has 0 aliphatic heterocycles. The van der Waals surface area contributed by atoms with E-state index in [4.69, 9.17) is 5.11 Å². The topological polar surface area (TPSA) is 49.3 Å². The highest BCUT2D eigenvalue weighted by molar-refractivity contribution is 5.97. The summed E-state index contributed by atoms with van der Waals surface area (Å²) in [5.41, 5.74) is 2.28. The van der Waals surface area contributed by atoms with Crippen molar-refractivity contribution < 1.29 is 9.90 Å². The second kappa shape index (κ2) is 5.90. The van der Waals surface area contributed by atoms with E-state index in [1.54, 1.807) is 0 Å². The summed E-state index contributed by atoms with van der Waals surface area (Å²) in [6.07, 6.45) is 2.40. The number of hydrogen-bond donors (Lipinski definition) is 2. The van der Waals surface area contributed by atoms with Crippen LogP contribution in [0.4, 0.5) is 0 Å². The summed E-state index contributed by atoms with van der Waals surface area (Å²) in [5, 5.41) is 11.8. The largest absolute Gasteiger partial charge is 0.384 e. The Hall–Kier alpha value is -1.79. The fraction of sp³-hybridized carbons (Fsp3) is 0.438. The number of aryl methyl sites for hydroxylation is 1. The van der Waals surface area contributed by atoms with Gasteiger partial charge in [0.1, 0.15) is 6.61 Å². The van der Waals surface area contributed by atoms with Crippen LogP contribution >= 0.6 is 0 Å². The molecule has 1 amide bonds. The van der Waals surface area contributed by atoms with Crippen LogP contribution in [-0.2, 0) is 0 Å². The molecule has 1 unspecified atom stereocenters. The lowest BCUT2D eigenvalue weighted by atomic mass is 10.0. The van der Waals surface area contributed by atoms with Crippen molar-refractivity contribution >= 4 is 5.91 Å². The van der Waals surface area contributed by atoms with Crippen LogP contribution in [0.25, 0.3) is 0 Å². The number of benzene rings is 1. The molecule has 0 aromatic heterocycles. The molecule has 1 atom stereocenters. The van der Waals surface area contributed by atoms with Gasteiger partial charge in [-0.1, -0.05) is 23.5 Å². The summed E-state index contributed by atoms with van der Waals surface area (Å²) in [6, 6.07) is 5.81. The molecule has 0 saturated heterocycles. The number of carbonyl (C=O) groups is 1. The highest BCUT2D eigenvalue weighted by atomic mass is 16.2. The summed E-state index contributed by atoms with van der Waals surface area (Å²) in [7, 11) is 0. The lowest BCUT2D eigenvalue weighted by molar-refractivity contribution is 0.0935. The monoisotopic (exact) mass is 257 g/mol. The number of amides is 1. The Bertz CT molecular complexity index is 535. The smallest absolute Gasteiger partial charge is 0.252 e. The standard InChI is InChI=1S/C16H19NO2/c1-11-5-6-14(4-3-9-18)15(10-11)16(19)17-12(2)13-7-8-13/h5-6,10,12-13,18H,7-9H2,1-2H3,(H,17,19). The lowest BCUT2D eigenvalue weighted by Crippen LogP contribution is -2.34. The van der Waals surface area contributed by atoms with Gasteiger partial charge in [-0.05, 0) is 44.7 Å². The normalized spacial score (nSPS) is 15.3. The Labute approximate surface area is 114 Å². The van der Waals surface area contributed by atoms with Crippen LogP contribution in [0.5, 0.6) is 0 Å². The summed E-state index contributed by atoms with van der Waals surface area (Å²) in [5.74, 6) is 5.97. The van der Waals surface area contributed by atoms with E-state index >= 15 is 0 Å². The van der Waals surface area contributed by atoms with Crippen LogP contribution in [0.3, 0.4) is 0 Å². The number of rotatable bonds is 3. The Morgan fingerprint density at radius 2 is 2.26 bits per heavy atom. The SMILES string of the molecule is Cc1ccc(C#CCO)c(C(=O)NC(C)C2CC2)c1. The van der Waals surface area contributed by atoms with Crippen LogP contribution in [0.2, 0.25) is 0 Å². The summed E-state index contributed by atoms with van der Waals surface area (Å²) < 4.78 is 0. The van der Waals surface area contributed by atoms with Crippen molar-refractivity contribution in [1.29, 1.82) is 0 Å². The third-order valence-corrected chi connectivity index (χ3v) is 3.41. The third kappa shape index (κ3) is 3.59. The van der Waals surface area contributed by atoms with Gasteiger partial charge in [-0.25, -0.2) is 0 Å². The molecular weight excluding hydrogens is 238 g/mol. The van der Waals surface area contributed by atoms with Gasteiger partial charge in [-0.3, -0.25) is 4.79 Å². The van der Waals surface area contributed by atoms with Gasteiger partial charge in [-0.15, -0.1) is 0 Å². The van der Waals surface area contributed by atoms with Gasteiger partial charge in [0, 0.05) is 11.6 Å². The molecule has 1 aromatic rings. The molecule has 19 heavy (non-hydrogen) atoms. The van der Waals surface area contributed by atoms with E-state index < -0.39 is 0 Å². The van der Waals surface area contributed by atoms with Crippen molar-refractivity contribution in [1.82, 2.24) is 5.32 Å². The van der Waals surface area contributed by atoms with Crippen molar-refractivity contribution in [2.24, 2.45) is 5.92 Å². The molecular formula is C16H19NO2. The molecule has 0 heterocycles. The van der Waals surface area contributed by atoms with Gasteiger partial charge < -0.3 is 10.4 Å². The van der Waals surface area contributed by atoms with Gasteiger partial charge in [-0.2, -0.15) is 0 Å². The second-order valence-electron chi connectivity index (χ2n) is 5.11. The first-order chi connectivity index (χ1) is 9.11. The average molecular weight is 257 g/mol. The van der Waals surface area contributed by atoms with Crippen molar-refractivity contribution in [2.45, 2.75) is 32.7 Å². The average Bonchev–Trinajstić information content (AvgIpc) is 3.21. The fourth-order valence-corrected chi connectivity index (χ4v) is 2.09. The van der Waals surface area contributed by atoms with Crippen molar-refractivity contribution in [3.63, 3.8) is 0 Å². The van der Waals surface area contributed by atoms with E-state index in [1.165, 1.54) is 12.8 Å². The Morgan fingerprint density at radius 3 is 2.89 bits per heavy atom. The van der Waals surface area contributed by atoms with Crippen molar-refractivity contribution in [2.75, 3.05) is 6.61 Å². The second-order valence-corrected chi connectivity index (χ2v) is 5.11. The van der Waals surface area contributed by atoms with Gasteiger partial charge in [0.2, 0.25) is 0 Å². The molecule has 1 aliphatic carbocycles. The van der Waals surface area contributed by atoms with Crippen LogP contribution < -0.4 is 5.32 Å². The number of carbonyl (C=O) groups excluding carboxylic acids is 1. The first-order valence-electron chi connectivity index (χ1n) is 6.63. The highest BCUT2D eigenvalue weighted by Gasteiger charge is 2.29. The Balaban J connectivity index is 2.20. The zero-order valence-electron chi connectivity index (χ0n) is 11.4. The molecule has 2 N–H and O–H groups in total. The van der Waals surface area contributed by atoms with E-state index in [1.807, 2.05) is 32.0 Å². The van der Waals surface area contributed by atoms with Gasteiger partial charge in [0.15, 0.2) is 0 Å². The molecule has 1 fully saturated rings. The van der Waals surface area contributed by atoms with Crippen LogP contribution in [-0.4, -0.2) is 23.7 Å². The minimum Gasteiger partial charge on any atom is -0.384 e. The summed E-state index contributed by atoms with van der Waals surface area (Å²) in [4.78, 5) is 12.3. The highest BCUT2D eigenvalue weighted by Crippen LogP contribution is 2.32. The van der Waals surface area contributed by atoms with Crippen LogP contribution in [0.15, 0.2) is 18.2 Å². The zero-order chi connectivity index (χ0) is 13.8. The molecule has 0 spiro atoms. The quantitative estimate of drug-likeness (QED) is 0.812. The molecule has 0 bridgehead atoms. The molecule has 1 aromatic carbocycles. The molecule has 0 radical (unpaired) electrons.